The van der Waals surface area contributed by atoms with Crippen molar-refractivity contribution in [3.05, 3.63) is 24.6 Å². The Kier molecular flexibility index (Phi) is 10.7. The highest BCUT2D eigenvalue weighted by Crippen LogP contribution is 1.87. The topological polar surface area (TPSA) is 113 Å². The molecule has 18 heavy (non-hydrogen) atoms. The molecular weight excluding hydrogens is 236 g/mol. The number of carboxylic acids is 2. The Bertz CT molecular complexity index is 254. The first-order valence-corrected chi connectivity index (χ1v) is 6.03. The maximum atomic E-state index is 8.93. The van der Waals surface area contributed by atoms with Crippen molar-refractivity contribution in [3.8, 4) is 0 Å². The molecule has 2 heterocycles. The first-order chi connectivity index (χ1) is 8.64. The van der Waals surface area contributed by atoms with Crippen LogP contribution in [-0.4, -0.2) is 25.0 Å². The maximum absolute atomic E-state index is 8.93. The van der Waals surface area contributed by atoms with Crippen molar-refractivity contribution in [2.24, 2.45) is 0 Å². The van der Waals surface area contributed by atoms with Gasteiger partial charge in [0.15, 0.2) is 0 Å². The van der Waals surface area contributed by atoms with Crippen LogP contribution in [0.2, 0.25) is 0 Å². The van der Waals surface area contributed by atoms with Crippen LogP contribution in [0.4, 0.5) is 0 Å². The summed E-state index contributed by atoms with van der Waals surface area (Å²) in [5.74, 6) is -4.37. The molecule has 0 fully saturated rings. The molecule has 0 aliphatic carbocycles. The Morgan fingerprint density at radius 3 is 1.28 bits per heavy atom. The minimum Gasteiger partial charge on any atom is -0.543 e. The van der Waals surface area contributed by atoms with Crippen molar-refractivity contribution in [2.45, 2.75) is 25.7 Å². The number of hydrogen-bond donors (Lipinski definition) is 2. The van der Waals surface area contributed by atoms with Crippen LogP contribution in [-0.2, 0) is 9.59 Å². The normalized spacial score (nSPS) is 16.7. The minimum absolute atomic E-state index is 1.29. The number of carbonyl (C=O) groups is 2. The van der Waals surface area contributed by atoms with Gasteiger partial charge in [-0.3, -0.25) is 0 Å². The number of allylic oxidation sites excluding steroid dienone is 2. The second kappa shape index (κ2) is 11.8. The van der Waals surface area contributed by atoms with E-state index < -0.39 is 11.9 Å². The lowest BCUT2D eigenvalue weighted by Gasteiger charge is -1.97. The smallest absolute Gasteiger partial charge is 0.0885 e. The molecule has 2 aliphatic rings. The Morgan fingerprint density at radius 1 is 0.833 bits per heavy atom. The quantitative estimate of drug-likeness (QED) is 0.433. The molecule has 6 nitrogen and oxygen atoms in total. The molecule has 0 aromatic rings. The predicted octanol–water partition coefficient (Wildman–Crippen LogP) is -3.80. The Morgan fingerprint density at radius 2 is 1.22 bits per heavy atom. The molecule has 0 unspecified atom stereocenters. The van der Waals surface area contributed by atoms with Gasteiger partial charge in [-0.25, -0.2) is 0 Å². The zero-order valence-corrected chi connectivity index (χ0v) is 10.3. The van der Waals surface area contributed by atoms with Gasteiger partial charge in [0, 0.05) is 12.8 Å². The van der Waals surface area contributed by atoms with Gasteiger partial charge in [-0.05, 0) is 25.0 Å². The summed E-state index contributed by atoms with van der Waals surface area (Å²) in [6, 6.07) is 0. The number of hydrogen-bond acceptors (Lipinski definition) is 4. The monoisotopic (exact) mass is 256 g/mol. The molecule has 6 heteroatoms. The molecule has 102 valence electrons. The number of rotatable bonds is 0. The van der Waals surface area contributed by atoms with Crippen LogP contribution < -0.4 is 20.8 Å². The van der Waals surface area contributed by atoms with Crippen molar-refractivity contribution in [1.82, 2.24) is 0 Å². The van der Waals surface area contributed by atoms with Crippen LogP contribution in [0.5, 0.6) is 0 Å². The lowest BCUT2D eigenvalue weighted by molar-refractivity contribution is -0.591. The van der Waals surface area contributed by atoms with Crippen LogP contribution in [0.1, 0.15) is 25.7 Å². The molecular formula is C12H20N2O4. The van der Waals surface area contributed by atoms with Crippen molar-refractivity contribution in [3.63, 3.8) is 0 Å². The third-order valence-electron chi connectivity index (χ3n) is 2.19. The third-order valence-corrected chi connectivity index (χ3v) is 2.19. The number of quaternary nitrogens is 2. The van der Waals surface area contributed by atoms with Gasteiger partial charge in [0.2, 0.25) is 0 Å². The average Bonchev–Trinajstić information content (AvgIpc) is 2.44. The van der Waals surface area contributed by atoms with Gasteiger partial charge in [-0.15, -0.1) is 0 Å². The lowest BCUT2D eigenvalue weighted by Crippen LogP contribution is -2.78. The van der Waals surface area contributed by atoms with E-state index in [0.717, 1.165) is 0 Å². The summed E-state index contributed by atoms with van der Waals surface area (Å²) in [6.07, 6.45) is 14.0. The molecule has 0 saturated heterocycles. The average molecular weight is 256 g/mol. The SMILES string of the molecule is C1=C[NH2+]CCC1.C1=C[NH2+]CCC1.O=C([O-])C(=O)[O-]. The summed E-state index contributed by atoms with van der Waals surface area (Å²) in [4.78, 5) is 17.9. The van der Waals surface area contributed by atoms with Gasteiger partial charge < -0.3 is 30.4 Å². The van der Waals surface area contributed by atoms with Crippen molar-refractivity contribution < 1.29 is 30.4 Å². The molecule has 0 amide bonds. The highest BCUT2D eigenvalue weighted by molar-refractivity contribution is 6.25. The number of carboxylic acid groups (broad SMARTS) is 2. The summed E-state index contributed by atoms with van der Waals surface area (Å²) in [5, 5.41) is 22.3. The van der Waals surface area contributed by atoms with Crippen LogP contribution in [0.3, 0.4) is 0 Å². The molecule has 2 aliphatic heterocycles. The summed E-state index contributed by atoms with van der Waals surface area (Å²) in [7, 11) is 0. The summed E-state index contributed by atoms with van der Waals surface area (Å²) >= 11 is 0. The van der Waals surface area contributed by atoms with Crippen LogP contribution in [0, 0.1) is 0 Å². The Labute approximate surface area is 106 Å². The van der Waals surface area contributed by atoms with E-state index in [4.69, 9.17) is 19.8 Å². The van der Waals surface area contributed by atoms with Gasteiger partial charge in [-0.1, -0.05) is 0 Å². The maximum Gasteiger partial charge on any atom is 0.0885 e. The second-order valence-electron chi connectivity index (χ2n) is 3.76. The third kappa shape index (κ3) is 12.4. The van der Waals surface area contributed by atoms with Gasteiger partial charge in [0.25, 0.3) is 0 Å². The van der Waals surface area contributed by atoms with E-state index in [0.29, 0.717) is 0 Å². The van der Waals surface area contributed by atoms with Gasteiger partial charge in [0.1, 0.15) is 0 Å². The summed E-state index contributed by atoms with van der Waals surface area (Å²) in [5.41, 5.74) is 0. The second-order valence-corrected chi connectivity index (χ2v) is 3.76. The molecule has 0 aromatic carbocycles. The molecule has 0 radical (unpaired) electrons. The number of aliphatic carboxylic acids is 2. The number of carbonyl (C=O) groups excluding carboxylic acids is 2. The zero-order valence-electron chi connectivity index (χ0n) is 10.3. The Hall–Kier alpha value is -1.66. The van der Waals surface area contributed by atoms with E-state index in [1.807, 2.05) is 0 Å². The van der Waals surface area contributed by atoms with Gasteiger partial charge in [0.05, 0.1) is 37.4 Å². The van der Waals surface area contributed by atoms with Gasteiger partial charge >= 0.3 is 0 Å². The first kappa shape index (κ1) is 16.3. The largest absolute Gasteiger partial charge is 0.543 e. The fraction of sp³-hybridized carbons (Fsp3) is 0.500. The molecule has 0 atom stereocenters. The van der Waals surface area contributed by atoms with E-state index in [9.17, 15) is 0 Å². The van der Waals surface area contributed by atoms with E-state index in [1.165, 1.54) is 38.8 Å². The van der Waals surface area contributed by atoms with Crippen molar-refractivity contribution in [2.75, 3.05) is 13.1 Å². The van der Waals surface area contributed by atoms with Crippen LogP contribution in [0.15, 0.2) is 24.6 Å². The van der Waals surface area contributed by atoms with Crippen molar-refractivity contribution >= 4 is 11.9 Å². The zero-order chi connectivity index (χ0) is 13.6. The van der Waals surface area contributed by atoms with E-state index in [-0.39, 0.29) is 0 Å². The fourth-order valence-corrected chi connectivity index (χ4v) is 1.28. The standard InChI is InChI=1S/2C5H9N.C2H2O4/c2*1-2-4-6-5-3-1;3-1(4)2(5)6/h2*2,4,6H,1,3,5H2;(H,3,4)(H,5,6). The van der Waals surface area contributed by atoms with Crippen molar-refractivity contribution in [1.29, 1.82) is 0 Å². The predicted molar refractivity (Wildman–Crippen MR) is 60.3 cm³/mol. The number of nitrogens with two attached hydrogens (primary N) is 2. The fourth-order valence-electron chi connectivity index (χ4n) is 1.28. The van der Waals surface area contributed by atoms with E-state index in [2.05, 4.69) is 35.2 Å². The van der Waals surface area contributed by atoms with Crippen LogP contribution in [0.25, 0.3) is 0 Å². The highest BCUT2D eigenvalue weighted by Gasteiger charge is 1.90. The summed E-state index contributed by atoms with van der Waals surface area (Å²) in [6.45, 7) is 2.58. The summed E-state index contributed by atoms with van der Waals surface area (Å²) < 4.78 is 0. The molecule has 4 N–H and O–H groups in total. The molecule has 0 spiro atoms. The first-order valence-electron chi connectivity index (χ1n) is 6.03. The highest BCUT2D eigenvalue weighted by atomic mass is 16.4. The van der Waals surface area contributed by atoms with E-state index in [1.54, 1.807) is 0 Å². The van der Waals surface area contributed by atoms with Crippen LogP contribution >= 0.6 is 0 Å². The molecule has 0 bridgehead atoms. The van der Waals surface area contributed by atoms with Gasteiger partial charge in [-0.2, -0.15) is 0 Å². The Balaban J connectivity index is 0.000000241. The van der Waals surface area contributed by atoms with E-state index >= 15 is 0 Å². The minimum atomic E-state index is -2.19. The lowest BCUT2D eigenvalue weighted by atomic mass is 10.2. The molecule has 0 aromatic heterocycles. The molecule has 0 saturated carbocycles. The molecule has 2 rings (SSSR count).